The number of aromatic nitrogens is 1. The average molecular weight is 335 g/mol. The topological polar surface area (TPSA) is 63.2 Å². The highest BCUT2D eigenvalue weighted by molar-refractivity contribution is 7.15. The molecule has 1 aromatic carbocycles. The summed E-state index contributed by atoms with van der Waals surface area (Å²) in [5, 5.41) is 6.41. The summed E-state index contributed by atoms with van der Waals surface area (Å²) in [6.07, 6.45) is 1.81. The van der Waals surface area contributed by atoms with Crippen molar-refractivity contribution in [3.63, 3.8) is 0 Å². The second-order valence-corrected chi connectivity index (χ2v) is 6.56. The highest BCUT2D eigenvalue weighted by atomic mass is 32.1. The summed E-state index contributed by atoms with van der Waals surface area (Å²) in [6, 6.07) is 5.20. The first-order chi connectivity index (χ1) is 11.1. The molecule has 0 saturated carbocycles. The van der Waals surface area contributed by atoms with Gasteiger partial charge in [0.05, 0.1) is 6.61 Å². The van der Waals surface area contributed by atoms with E-state index in [4.69, 9.17) is 4.74 Å². The zero-order valence-electron chi connectivity index (χ0n) is 12.8. The molecular weight excluding hydrogens is 317 g/mol. The van der Waals surface area contributed by atoms with Crippen molar-refractivity contribution >= 4 is 22.4 Å². The maximum Gasteiger partial charge on any atom is 0.256 e. The lowest BCUT2D eigenvalue weighted by Gasteiger charge is -2.22. The van der Waals surface area contributed by atoms with Crippen LogP contribution < -0.4 is 10.6 Å². The largest absolute Gasteiger partial charge is 0.366 e. The van der Waals surface area contributed by atoms with Gasteiger partial charge in [-0.3, -0.25) is 10.1 Å². The Bertz CT molecular complexity index is 698. The first kappa shape index (κ1) is 16.0. The summed E-state index contributed by atoms with van der Waals surface area (Å²) in [5.74, 6) is -0.401. The van der Waals surface area contributed by atoms with Crippen LogP contribution in [0.1, 0.15) is 16.0 Å². The third-order valence-electron chi connectivity index (χ3n) is 3.62. The van der Waals surface area contributed by atoms with E-state index in [1.54, 1.807) is 19.2 Å². The molecule has 1 saturated heterocycles. The lowest BCUT2D eigenvalue weighted by molar-refractivity contribution is -0.128. The van der Waals surface area contributed by atoms with E-state index in [1.807, 2.05) is 6.07 Å². The van der Waals surface area contributed by atoms with Crippen molar-refractivity contribution in [3.8, 4) is 0 Å². The maximum atomic E-state index is 13.6. The molecule has 0 bridgehead atoms. The van der Waals surface area contributed by atoms with Crippen molar-refractivity contribution < 1.29 is 13.9 Å². The summed E-state index contributed by atoms with van der Waals surface area (Å²) in [7, 11) is 0. The van der Waals surface area contributed by atoms with Crippen molar-refractivity contribution in [1.82, 2.24) is 10.3 Å². The van der Waals surface area contributed by atoms with Gasteiger partial charge < -0.3 is 10.1 Å². The summed E-state index contributed by atoms with van der Waals surface area (Å²) in [4.78, 5) is 17.2. The summed E-state index contributed by atoms with van der Waals surface area (Å²) in [5.41, 5.74) is 1.52. The molecule has 2 aromatic rings. The van der Waals surface area contributed by atoms with E-state index < -0.39 is 6.10 Å². The number of carbonyl (C=O) groups is 1. The van der Waals surface area contributed by atoms with Crippen molar-refractivity contribution in [2.75, 3.05) is 25.0 Å². The van der Waals surface area contributed by atoms with Crippen LogP contribution in [0.15, 0.2) is 24.4 Å². The van der Waals surface area contributed by atoms with Crippen LogP contribution in [0.5, 0.6) is 0 Å². The Morgan fingerprint density at radius 3 is 3.17 bits per heavy atom. The lowest BCUT2D eigenvalue weighted by Crippen LogP contribution is -2.45. The number of thiazole rings is 1. The lowest BCUT2D eigenvalue weighted by atomic mass is 10.1. The van der Waals surface area contributed by atoms with Gasteiger partial charge in [0.1, 0.15) is 11.9 Å². The zero-order chi connectivity index (χ0) is 16.2. The fourth-order valence-corrected chi connectivity index (χ4v) is 3.16. The van der Waals surface area contributed by atoms with Gasteiger partial charge in [-0.25, -0.2) is 9.37 Å². The molecule has 2 N–H and O–H groups in total. The first-order valence-corrected chi connectivity index (χ1v) is 8.26. The van der Waals surface area contributed by atoms with E-state index >= 15 is 0 Å². The standard InChI is InChI=1S/C16H18FN3O2S/c1-10-2-3-11(7-13(10)17)6-12-8-19-16(23-12)20-15(21)14-9-18-4-5-22-14/h2-3,7-8,14,18H,4-6,9H2,1H3,(H,19,20,21). The number of halogens is 1. The second kappa shape index (κ2) is 7.16. The van der Waals surface area contributed by atoms with E-state index in [2.05, 4.69) is 15.6 Å². The van der Waals surface area contributed by atoms with Crippen LogP contribution in [-0.2, 0) is 16.0 Å². The zero-order valence-corrected chi connectivity index (χ0v) is 13.6. The first-order valence-electron chi connectivity index (χ1n) is 7.45. The van der Waals surface area contributed by atoms with Gasteiger partial charge in [0.15, 0.2) is 5.13 Å². The van der Waals surface area contributed by atoms with Crippen molar-refractivity contribution in [3.05, 3.63) is 46.2 Å². The molecule has 1 aliphatic rings. The molecule has 0 aliphatic carbocycles. The molecule has 1 aliphatic heterocycles. The molecule has 3 rings (SSSR count). The van der Waals surface area contributed by atoms with Crippen molar-refractivity contribution in [2.45, 2.75) is 19.4 Å². The molecule has 0 radical (unpaired) electrons. The minimum absolute atomic E-state index is 0.195. The van der Waals surface area contributed by atoms with Crippen LogP contribution in [0, 0.1) is 12.7 Å². The predicted octanol–water partition coefficient (Wildman–Crippen LogP) is 2.11. The third kappa shape index (κ3) is 4.13. The highest BCUT2D eigenvalue weighted by Gasteiger charge is 2.22. The fourth-order valence-electron chi connectivity index (χ4n) is 2.31. The number of aryl methyl sites for hydroxylation is 1. The van der Waals surface area contributed by atoms with Crippen LogP contribution in [0.3, 0.4) is 0 Å². The molecule has 2 heterocycles. The van der Waals surface area contributed by atoms with Crippen LogP contribution >= 0.6 is 11.3 Å². The summed E-state index contributed by atoms with van der Waals surface area (Å²) in [6.45, 7) is 3.53. The number of carbonyl (C=O) groups excluding carboxylic acids is 1. The minimum Gasteiger partial charge on any atom is -0.366 e. The van der Waals surface area contributed by atoms with Gasteiger partial charge in [0.25, 0.3) is 5.91 Å². The number of hydrogen-bond acceptors (Lipinski definition) is 5. The maximum absolute atomic E-state index is 13.6. The van der Waals surface area contributed by atoms with E-state index in [0.717, 1.165) is 17.0 Å². The normalized spacial score (nSPS) is 17.9. The molecule has 122 valence electrons. The molecule has 1 fully saturated rings. The second-order valence-electron chi connectivity index (χ2n) is 5.44. The van der Waals surface area contributed by atoms with E-state index in [9.17, 15) is 9.18 Å². The Hall–Kier alpha value is -1.83. The monoisotopic (exact) mass is 335 g/mol. The Morgan fingerprint density at radius 2 is 2.43 bits per heavy atom. The molecule has 0 spiro atoms. The van der Waals surface area contributed by atoms with E-state index in [-0.39, 0.29) is 11.7 Å². The summed E-state index contributed by atoms with van der Waals surface area (Å²) < 4.78 is 19.0. The molecule has 1 aromatic heterocycles. The van der Waals surface area contributed by atoms with E-state index in [0.29, 0.717) is 30.3 Å². The number of amides is 1. The Balaban J connectivity index is 1.61. The Kier molecular flexibility index (Phi) is 5.00. The number of rotatable bonds is 4. The predicted molar refractivity (Wildman–Crippen MR) is 87.3 cm³/mol. The Labute approximate surface area is 137 Å². The van der Waals surface area contributed by atoms with E-state index in [1.165, 1.54) is 17.4 Å². The molecule has 7 heteroatoms. The number of nitrogens with zero attached hydrogens (tertiary/aromatic N) is 1. The average Bonchev–Trinajstić information content (AvgIpc) is 2.99. The molecule has 23 heavy (non-hydrogen) atoms. The van der Waals surface area contributed by atoms with Gasteiger partial charge >= 0.3 is 0 Å². The number of anilines is 1. The van der Waals surface area contributed by atoms with Gasteiger partial charge in [-0.15, -0.1) is 11.3 Å². The van der Waals surface area contributed by atoms with Gasteiger partial charge in [0, 0.05) is 30.6 Å². The van der Waals surface area contributed by atoms with Gasteiger partial charge in [-0.2, -0.15) is 0 Å². The third-order valence-corrected chi connectivity index (χ3v) is 4.53. The SMILES string of the molecule is Cc1ccc(Cc2cnc(NC(=O)C3CNCCO3)s2)cc1F. The van der Waals surface area contributed by atoms with Gasteiger partial charge in [-0.05, 0) is 24.1 Å². The number of morpholine rings is 1. The minimum atomic E-state index is -0.484. The number of hydrogen-bond donors (Lipinski definition) is 2. The molecule has 1 unspecified atom stereocenters. The van der Waals surface area contributed by atoms with Crippen LogP contribution in [0.2, 0.25) is 0 Å². The summed E-state index contributed by atoms with van der Waals surface area (Å²) >= 11 is 1.39. The number of benzene rings is 1. The highest BCUT2D eigenvalue weighted by Crippen LogP contribution is 2.22. The number of nitrogens with one attached hydrogen (secondary N) is 2. The van der Waals surface area contributed by atoms with Crippen molar-refractivity contribution in [2.24, 2.45) is 0 Å². The van der Waals surface area contributed by atoms with Gasteiger partial charge in [-0.1, -0.05) is 12.1 Å². The van der Waals surface area contributed by atoms with Crippen LogP contribution in [-0.4, -0.2) is 36.7 Å². The van der Waals surface area contributed by atoms with Crippen LogP contribution in [0.25, 0.3) is 0 Å². The molecule has 1 amide bonds. The van der Waals surface area contributed by atoms with Gasteiger partial charge in [0.2, 0.25) is 0 Å². The molecule has 5 nitrogen and oxygen atoms in total. The van der Waals surface area contributed by atoms with Crippen LogP contribution in [0.4, 0.5) is 9.52 Å². The smallest absolute Gasteiger partial charge is 0.256 e. The number of ether oxygens (including phenoxy) is 1. The molecular formula is C16H18FN3O2S. The fraction of sp³-hybridized carbons (Fsp3) is 0.375. The molecule has 1 atom stereocenters. The quantitative estimate of drug-likeness (QED) is 0.898. The Morgan fingerprint density at radius 1 is 1.57 bits per heavy atom. The van der Waals surface area contributed by atoms with Crippen molar-refractivity contribution in [1.29, 1.82) is 0 Å².